The van der Waals surface area contributed by atoms with E-state index < -0.39 is 22.5 Å². The molecule has 1 atom stereocenters. The van der Waals surface area contributed by atoms with E-state index in [9.17, 15) is 23.2 Å². The van der Waals surface area contributed by atoms with Crippen LogP contribution in [0.1, 0.15) is 25.6 Å². The van der Waals surface area contributed by atoms with Crippen molar-refractivity contribution in [1.29, 1.82) is 0 Å². The van der Waals surface area contributed by atoms with E-state index in [4.69, 9.17) is 4.55 Å². The second-order valence-electron chi connectivity index (χ2n) is 5.61. The Bertz CT molecular complexity index is 882. The zero-order valence-corrected chi connectivity index (χ0v) is 16.2. The lowest BCUT2D eigenvalue weighted by Gasteiger charge is -2.39. The van der Waals surface area contributed by atoms with Crippen molar-refractivity contribution < 1.29 is 32.1 Å². The zero-order chi connectivity index (χ0) is 21.1. The number of rotatable bonds is 7. The number of nitrogens with zero attached hydrogens (tertiary/aromatic N) is 5. The summed E-state index contributed by atoms with van der Waals surface area (Å²) in [6, 6.07) is -1.88. The highest BCUT2D eigenvalue weighted by molar-refractivity contribution is 7.81. The average molecular weight is 419 g/mol. The lowest BCUT2D eigenvalue weighted by Crippen LogP contribution is -2.54. The SMILES string of the molecule is CCN1C(=O)N(OS(=O)(=O)O)c2cnn(CCNC(C)=O)c2[C@H]1C(=NC)NO. The number of aliphatic imine (C=N–C) groups is 1. The summed E-state index contributed by atoms with van der Waals surface area (Å²) in [6.45, 7) is 3.40. The second-order valence-corrected chi connectivity index (χ2v) is 6.61. The van der Waals surface area contributed by atoms with Crippen LogP contribution in [-0.4, -0.2) is 70.8 Å². The van der Waals surface area contributed by atoms with Crippen LogP contribution >= 0.6 is 0 Å². The van der Waals surface area contributed by atoms with Crippen LogP contribution in [0.3, 0.4) is 0 Å². The molecule has 0 spiro atoms. The summed E-state index contributed by atoms with van der Waals surface area (Å²) in [5.74, 6) is -0.267. The van der Waals surface area contributed by atoms with E-state index in [0.717, 1.165) is 11.1 Å². The number of anilines is 1. The third-order valence-corrected chi connectivity index (χ3v) is 4.23. The Kier molecular flexibility index (Phi) is 6.55. The van der Waals surface area contributed by atoms with E-state index in [1.54, 1.807) is 6.92 Å². The van der Waals surface area contributed by atoms with Crippen molar-refractivity contribution in [2.45, 2.75) is 26.4 Å². The first-order valence-corrected chi connectivity index (χ1v) is 9.45. The Morgan fingerprint density at radius 3 is 2.64 bits per heavy atom. The first-order valence-electron chi connectivity index (χ1n) is 8.09. The third-order valence-electron chi connectivity index (χ3n) is 3.89. The van der Waals surface area contributed by atoms with Gasteiger partial charge in [-0.05, 0) is 6.92 Å². The lowest BCUT2D eigenvalue weighted by atomic mass is 10.1. The molecule has 0 saturated carbocycles. The summed E-state index contributed by atoms with van der Waals surface area (Å²) in [5.41, 5.74) is 2.10. The van der Waals surface area contributed by atoms with Crippen molar-refractivity contribution in [3.05, 3.63) is 11.9 Å². The van der Waals surface area contributed by atoms with Crippen LogP contribution in [0.15, 0.2) is 11.2 Å². The highest BCUT2D eigenvalue weighted by Gasteiger charge is 2.44. The van der Waals surface area contributed by atoms with Gasteiger partial charge in [-0.3, -0.25) is 29.7 Å². The van der Waals surface area contributed by atoms with E-state index in [2.05, 4.69) is 19.7 Å². The van der Waals surface area contributed by atoms with Gasteiger partial charge < -0.3 is 10.2 Å². The van der Waals surface area contributed by atoms with Gasteiger partial charge in [0.1, 0.15) is 17.6 Å². The van der Waals surface area contributed by atoms with Gasteiger partial charge in [-0.15, -0.1) is 9.35 Å². The molecule has 0 bridgehead atoms. The summed E-state index contributed by atoms with van der Waals surface area (Å²) in [5, 5.41) is 16.5. The Balaban J connectivity index is 2.59. The second kappa shape index (κ2) is 8.51. The molecule has 2 heterocycles. The molecule has 156 valence electrons. The minimum absolute atomic E-state index is 0.00997. The maximum Gasteiger partial charge on any atom is 0.419 e. The fourth-order valence-corrected chi connectivity index (χ4v) is 3.14. The van der Waals surface area contributed by atoms with Crippen molar-refractivity contribution in [3.63, 3.8) is 0 Å². The fourth-order valence-electron chi connectivity index (χ4n) is 2.81. The highest BCUT2D eigenvalue weighted by atomic mass is 32.3. The molecule has 0 fully saturated rings. The van der Waals surface area contributed by atoms with E-state index >= 15 is 0 Å². The quantitative estimate of drug-likeness (QED) is 0.188. The number of aromatic nitrogens is 2. The number of carbonyl (C=O) groups excluding carboxylic acids is 2. The molecule has 1 aromatic heterocycles. The number of fused-ring (bicyclic) bond motifs is 1. The van der Waals surface area contributed by atoms with Crippen molar-refractivity contribution in [1.82, 2.24) is 25.5 Å². The van der Waals surface area contributed by atoms with E-state index in [1.165, 1.54) is 18.7 Å². The molecule has 15 heteroatoms. The number of amidine groups is 1. The van der Waals surface area contributed by atoms with Gasteiger partial charge in [-0.25, -0.2) is 4.79 Å². The summed E-state index contributed by atoms with van der Waals surface area (Å²) in [4.78, 5) is 28.9. The van der Waals surface area contributed by atoms with Crippen molar-refractivity contribution in [2.24, 2.45) is 4.99 Å². The van der Waals surface area contributed by atoms with Gasteiger partial charge in [0.25, 0.3) is 0 Å². The van der Waals surface area contributed by atoms with Crippen LogP contribution in [0.5, 0.6) is 0 Å². The molecule has 0 saturated heterocycles. The lowest BCUT2D eigenvalue weighted by molar-refractivity contribution is -0.119. The van der Waals surface area contributed by atoms with Gasteiger partial charge in [-0.1, -0.05) is 0 Å². The third kappa shape index (κ3) is 4.38. The number of hydroxylamine groups is 2. The van der Waals surface area contributed by atoms with Crippen LogP contribution in [0.4, 0.5) is 10.5 Å². The Morgan fingerprint density at radius 1 is 1.46 bits per heavy atom. The predicted molar refractivity (Wildman–Crippen MR) is 94.8 cm³/mol. The number of urea groups is 1. The monoisotopic (exact) mass is 419 g/mol. The van der Waals surface area contributed by atoms with Crippen LogP contribution in [-0.2, 0) is 26.0 Å². The molecule has 0 aliphatic carbocycles. The molecule has 0 unspecified atom stereocenters. The molecule has 3 amide bonds. The number of hydrogen-bond acceptors (Lipinski definition) is 8. The molecule has 28 heavy (non-hydrogen) atoms. The van der Waals surface area contributed by atoms with Gasteiger partial charge in [0.05, 0.1) is 18.4 Å². The smallest absolute Gasteiger partial charge is 0.354 e. The van der Waals surface area contributed by atoms with Gasteiger partial charge in [0.2, 0.25) is 5.91 Å². The Morgan fingerprint density at radius 2 is 2.14 bits per heavy atom. The molecular weight excluding hydrogens is 398 g/mol. The average Bonchev–Trinajstić information content (AvgIpc) is 3.01. The fraction of sp³-hybridized carbons (Fsp3) is 0.538. The van der Waals surface area contributed by atoms with Gasteiger partial charge in [0, 0.05) is 27.1 Å². The highest BCUT2D eigenvalue weighted by Crippen LogP contribution is 2.37. The Labute approximate surface area is 160 Å². The minimum Gasteiger partial charge on any atom is -0.354 e. The summed E-state index contributed by atoms with van der Waals surface area (Å²) in [6.07, 6.45) is 1.16. The number of hydrogen-bond donors (Lipinski definition) is 4. The summed E-state index contributed by atoms with van der Waals surface area (Å²) >= 11 is 0. The van der Waals surface area contributed by atoms with Crippen molar-refractivity contribution in [3.8, 4) is 0 Å². The predicted octanol–water partition coefficient (Wildman–Crippen LogP) is -0.936. The van der Waals surface area contributed by atoms with Crippen molar-refractivity contribution >= 4 is 33.9 Å². The van der Waals surface area contributed by atoms with Crippen LogP contribution in [0.2, 0.25) is 0 Å². The van der Waals surface area contributed by atoms with Crippen LogP contribution in [0.25, 0.3) is 0 Å². The van der Waals surface area contributed by atoms with E-state index in [1.807, 2.05) is 5.48 Å². The molecular formula is C13H21N7O7S. The maximum absolute atomic E-state index is 12.7. The van der Waals surface area contributed by atoms with Crippen LogP contribution in [0, 0.1) is 0 Å². The summed E-state index contributed by atoms with van der Waals surface area (Å²) < 4.78 is 37.3. The number of amides is 3. The number of nitrogens with one attached hydrogen (secondary N) is 2. The molecule has 4 N–H and O–H groups in total. The van der Waals surface area contributed by atoms with Gasteiger partial charge >= 0.3 is 16.4 Å². The molecule has 14 nitrogen and oxygen atoms in total. The maximum atomic E-state index is 12.7. The molecule has 1 aliphatic rings. The Hall–Kier alpha value is -2.75. The zero-order valence-electron chi connectivity index (χ0n) is 15.4. The molecule has 0 aromatic carbocycles. The standard InChI is InChI=1S/C13H21N7O7S/c1-4-18-11(12(14-3)17-23)10-9(20(13(18)22)27-28(24,25)26)7-16-19(10)6-5-15-8(2)21/h7,11,23H,4-6H2,1-3H3,(H,14,17)(H,15,21)(H,24,25,26)/t11-/m0/s1. The normalized spacial score (nSPS) is 17.5. The van der Waals surface area contributed by atoms with E-state index in [-0.39, 0.29) is 42.8 Å². The molecule has 1 aliphatic heterocycles. The molecule has 0 radical (unpaired) electrons. The van der Waals surface area contributed by atoms with Crippen molar-refractivity contribution in [2.75, 3.05) is 25.2 Å². The number of carbonyl (C=O) groups is 2. The van der Waals surface area contributed by atoms with E-state index in [0.29, 0.717) is 5.06 Å². The number of likely N-dealkylation sites (N-methyl/N-ethyl adjacent to an activating group) is 1. The first kappa shape index (κ1) is 21.5. The van der Waals surface area contributed by atoms with Gasteiger partial charge in [-0.2, -0.15) is 13.5 Å². The minimum atomic E-state index is -5.01. The first-order chi connectivity index (χ1) is 13.1. The van der Waals surface area contributed by atoms with Gasteiger partial charge in [0.15, 0.2) is 0 Å². The largest absolute Gasteiger partial charge is 0.419 e. The summed E-state index contributed by atoms with van der Waals surface area (Å²) in [7, 11) is -3.63. The molecule has 2 rings (SSSR count). The molecule has 1 aromatic rings. The topological polar surface area (TPSA) is 179 Å². The van der Waals surface area contributed by atoms with Crippen LogP contribution < -0.4 is 15.9 Å².